The fourth-order valence-electron chi connectivity index (χ4n) is 4.58. The van der Waals surface area contributed by atoms with E-state index in [0.717, 1.165) is 58.2 Å². The monoisotopic (exact) mass is 336 g/mol. The number of amides is 1. The molecule has 0 radical (unpaired) electrons. The maximum atomic E-state index is 12.9. The van der Waals surface area contributed by atoms with Crippen molar-refractivity contribution in [3.05, 3.63) is 0 Å². The first-order valence-corrected chi connectivity index (χ1v) is 10.1. The number of nitrogens with zero attached hydrogens (tertiary/aromatic N) is 2. The summed E-state index contributed by atoms with van der Waals surface area (Å²) in [6, 6.07) is 0.684. The van der Waals surface area contributed by atoms with Crippen molar-refractivity contribution in [2.24, 2.45) is 11.8 Å². The van der Waals surface area contributed by atoms with E-state index in [2.05, 4.69) is 30.6 Å². The molecule has 0 spiro atoms. The zero-order valence-electron chi connectivity index (χ0n) is 16.1. The Labute approximate surface area is 148 Å². The molecule has 3 fully saturated rings. The van der Waals surface area contributed by atoms with Gasteiger partial charge in [-0.05, 0) is 65.1 Å². The normalized spacial score (nSPS) is 30.7. The van der Waals surface area contributed by atoms with E-state index in [1.807, 2.05) is 0 Å². The summed E-state index contributed by atoms with van der Waals surface area (Å²) in [6.07, 6.45) is 7.30. The predicted octanol–water partition coefficient (Wildman–Crippen LogP) is 3.49. The Morgan fingerprint density at radius 2 is 1.38 bits per heavy atom. The van der Waals surface area contributed by atoms with Gasteiger partial charge in [0.2, 0.25) is 5.91 Å². The third kappa shape index (κ3) is 4.38. The van der Waals surface area contributed by atoms with Gasteiger partial charge >= 0.3 is 0 Å². The number of carbonyl (C=O) groups is 2. The Morgan fingerprint density at radius 3 is 1.79 bits per heavy atom. The van der Waals surface area contributed by atoms with Gasteiger partial charge in [0.25, 0.3) is 0 Å². The van der Waals surface area contributed by atoms with E-state index in [-0.39, 0.29) is 11.8 Å². The number of fused-ring (bicyclic) bond motifs is 2. The largest absolute Gasteiger partial charge is 0.336 e. The highest BCUT2D eigenvalue weighted by Crippen LogP contribution is 2.40. The zero-order chi connectivity index (χ0) is 17.7. The molecule has 3 rings (SSSR count). The molecule has 138 valence electrons. The van der Waals surface area contributed by atoms with E-state index >= 15 is 0 Å². The number of likely N-dealkylation sites (tertiary alicyclic amines) is 1. The second kappa shape index (κ2) is 8.98. The Balaban J connectivity index is 0.000000647. The molecule has 4 heteroatoms. The number of rotatable bonds is 3. The fourth-order valence-corrected chi connectivity index (χ4v) is 4.58. The van der Waals surface area contributed by atoms with Crippen molar-refractivity contribution < 1.29 is 9.59 Å². The van der Waals surface area contributed by atoms with E-state index in [0.29, 0.717) is 23.8 Å². The minimum Gasteiger partial charge on any atom is -0.336 e. The molecule has 3 aliphatic heterocycles. The molecule has 0 aromatic carbocycles. The molecule has 2 unspecified atom stereocenters. The van der Waals surface area contributed by atoms with Crippen molar-refractivity contribution >= 4 is 11.7 Å². The second-order valence-electron chi connectivity index (χ2n) is 7.83. The highest BCUT2D eigenvalue weighted by molar-refractivity contribution is 5.82. The van der Waals surface area contributed by atoms with Crippen molar-refractivity contribution in [1.82, 2.24) is 9.80 Å². The van der Waals surface area contributed by atoms with Gasteiger partial charge in [0.1, 0.15) is 5.78 Å². The standard InChI is InChI=1S/C17H28N2O2.C3H8/c1-3-18-8-6-13(7-9-18)17(21)19-15-4-5-16(19)11-14(10-15)12(2)20;1-3-2/h13-16H,3-11H2,1-2H3;3H2,1-2H3. The SMILES string of the molecule is CCC.CCN1CCC(C(=O)N2C3CCC2CC(C(C)=O)C3)CC1. The minimum atomic E-state index is 0.202. The van der Waals surface area contributed by atoms with E-state index in [1.54, 1.807) is 6.92 Å². The van der Waals surface area contributed by atoms with E-state index < -0.39 is 0 Å². The van der Waals surface area contributed by atoms with Crippen molar-refractivity contribution in [3.8, 4) is 0 Å². The van der Waals surface area contributed by atoms with Crippen LogP contribution in [0.4, 0.5) is 0 Å². The molecule has 3 heterocycles. The molecular formula is C20H36N2O2. The molecule has 3 saturated heterocycles. The highest BCUT2D eigenvalue weighted by Gasteiger charge is 2.45. The average Bonchev–Trinajstić information content (AvgIpc) is 2.84. The van der Waals surface area contributed by atoms with Gasteiger partial charge in [-0.25, -0.2) is 0 Å². The third-order valence-corrected chi connectivity index (χ3v) is 5.95. The molecule has 0 aromatic heterocycles. The van der Waals surface area contributed by atoms with Crippen LogP contribution >= 0.6 is 0 Å². The first kappa shape index (κ1) is 19.4. The molecule has 0 N–H and O–H groups in total. The van der Waals surface area contributed by atoms with Gasteiger partial charge in [0.05, 0.1) is 0 Å². The van der Waals surface area contributed by atoms with Crippen LogP contribution in [0.5, 0.6) is 0 Å². The van der Waals surface area contributed by atoms with Gasteiger partial charge in [0, 0.05) is 23.9 Å². The molecule has 0 aliphatic carbocycles. The number of carbonyl (C=O) groups excluding carboxylic acids is 2. The third-order valence-electron chi connectivity index (χ3n) is 5.95. The Kier molecular flexibility index (Phi) is 7.27. The topological polar surface area (TPSA) is 40.6 Å². The summed E-state index contributed by atoms with van der Waals surface area (Å²) >= 11 is 0. The molecule has 0 saturated carbocycles. The molecule has 0 aromatic rings. The summed E-state index contributed by atoms with van der Waals surface area (Å²) in [5.41, 5.74) is 0. The van der Waals surface area contributed by atoms with Gasteiger partial charge in [-0.1, -0.05) is 27.2 Å². The Morgan fingerprint density at radius 1 is 0.875 bits per heavy atom. The molecule has 2 bridgehead atoms. The smallest absolute Gasteiger partial charge is 0.226 e. The lowest BCUT2D eigenvalue weighted by Crippen LogP contribution is -2.51. The summed E-state index contributed by atoms with van der Waals surface area (Å²) in [7, 11) is 0. The maximum absolute atomic E-state index is 12.9. The number of hydrogen-bond acceptors (Lipinski definition) is 3. The Bertz CT molecular complexity index is 415. The lowest BCUT2D eigenvalue weighted by molar-refractivity contribution is -0.144. The van der Waals surface area contributed by atoms with Crippen molar-refractivity contribution in [2.45, 2.75) is 84.7 Å². The van der Waals surface area contributed by atoms with Gasteiger partial charge in [-0.15, -0.1) is 0 Å². The Hall–Kier alpha value is -0.900. The fraction of sp³-hybridized carbons (Fsp3) is 0.900. The van der Waals surface area contributed by atoms with E-state index in [4.69, 9.17) is 0 Å². The van der Waals surface area contributed by atoms with Crippen LogP contribution < -0.4 is 0 Å². The first-order valence-electron chi connectivity index (χ1n) is 10.1. The molecule has 3 aliphatic rings. The summed E-state index contributed by atoms with van der Waals surface area (Å²) in [4.78, 5) is 29.2. The minimum absolute atomic E-state index is 0.202. The molecule has 2 atom stereocenters. The summed E-state index contributed by atoms with van der Waals surface area (Å²) in [5, 5.41) is 0. The quantitative estimate of drug-likeness (QED) is 0.792. The zero-order valence-corrected chi connectivity index (χ0v) is 16.1. The first-order chi connectivity index (χ1) is 11.5. The average molecular weight is 337 g/mol. The lowest BCUT2D eigenvalue weighted by atomic mass is 9.86. The maximum Gasteiger partial charge on any atom is 0.226 e. The summed E-state index contributed by atoms with van der Waals surface area (Å²) in [6.45, 7) is 11.4. The van der Waals surface area contributed by atoms with Crippen LogP contribution in [0.15, 0.2) is 0 Å². The van der Waals surface area contributed by atoms with Gasteiger partial charge in [-0.2, -0.15) is 0 Å². The lowest BCUT2D eigenvalue weighted by Gasteiger charge is -2.41. The van der Waals surface area contributed by atoms with Crippen LogP contribution in [0.2, 0.25) is 0 Å². The summed E-state index contributed by atoms with van der Waals surface area (Å²) in [5.74, 6) is 1.13. The number of ketones is 1. The van der Waals surface area contributed by atoms with Gasteiger partial charge in [-0.3, -0.25) is 9.59 Å². The second-order valence-corrected chi connectivity index (χ2v) is 7.83. The molecular weight excluding hydrogens is 300 g/mol. The van der Waals surface area contributed by atoms with Crippen molar-refractivity contribution in [1.29, 1.82) is 0 Å². The van der Waals surface area contributed by atoms with Crippen LogP contribution in [0.25, 0.3) is 0 Å². The number of Topliss-reactive ketones (excluding diaryl/α,β-unsaturated/α-hetero) is 1. The summed E-state index contributed by atoms with van der Waals surface area (Å²) < 4.78 is 0. The van der Waals surface area contributed by atoms with E-state index in [9.17, 15) is 9.59 Å². The predicted molar refractivity (Wildman–Crippen MR) is 97.9 cm³/mol. The molecule has 24 heavy (non-hydrogen) atoms. The highest BCUT2D eigenvalue weighted by atomic mass is 16.2. The number of piperidine rings is 2. The molecule has 4 nitrogen and oxygen atoms in total. The molecule has 1 amide bonds. The van der Waals surface area contributed by atoms with Crippen LogP contribution in [-0.4, -0.2) is 53.2 Å². The number of hydrogen-bond donors (Lipinski definition) is 0. The van der Waals surface area contributed by atoms with Crippen LogP contribution in [0.3, 0.4) is 0 Å². The van der Waals surface area contributed by atoms with Gasteiger partial charge in [0.15, 0.2) is 0 Å². The van der Waals surface area contributed by atoms with Gasteiger partial charge < -0.3 is 9.80 Å². The van der Waals surface area contributed by atoms with Crippen LogP contribution in [-0.2, 0) is 9.59 Å². The van der Waals surface area contributed by atoms with Crippen molar-refractivity contribution in [3.63, 3.8) is 0 Å². The van der Waals surface area contributed by atoms with E-state index in [1.165, 1.54) is 6.42 Å². The van der Waals surface area contributed by atoms with Crippen molar-refractivity contribution in [2.75, 3.05) is 19.6 Å². The van der Waals surface area contributed by atoms with Crippen LogP contribution in [0.1, 0.15) is 72.6 Å². The van der Waals surface area contributed by atoms with Crippen LogP contribution in [0, 0.1) is 11.8 Å².